The number of nitrogen functional groups attached to an aromatic ring is 1. The lowest BCUT2D eigenvalue weighted by atomic mass is 10.2. The first-order valence-electron chi connectivity index (χ1n) is 6.81. The molecule has 0 radical (unpaired) electrons. The van der Waals surface area contributed by atoms with Crippen molar-refractivity contribution in [2.75, 3.05) is 18.2 Å². The molecule has 1 amide bonds. The van der Waals surface area contributed by atoms with Crippen molar-refractivity contribution >= 4 is 17.3 Å². The van der Waals surface area contributed by atoms with E-state index in [0.29, 0.717) is 23.5 Å². The van der Waals surface area contributed by atoms with E-state index in [1.54, 1.807) is 31.5 Å². The summed E-state index contributed by atoms with van der Waals surface area (Å²) in [5.74, 6) is 0.507. The van der Waals surface area contributed by atoms with Crippen LogP contribution in [0.25, 0.3) is 0 Å². The van der Waals surface area contributed by atoms with Gasteiger partial charge in [0.25, 0.3) is 0 Å². The normalized spacial score (nSPS) is 10.4. The van der Waals surface area contributed by atoms with E-state index in [-0.39, 0.29) is 5.91 Å². The van der Waals surface area contributed by atoms with Crippen LogP contribution in [0.15, 0.2) is 30.6 Å². The van der Waals surface area contributed by atoms with Crippen molar-refractivity contribution in [2.24, 2.45) is 0 Å². The first kappa shape index (κ1) is 14.9. The van der Waals surface area contributed by atoms with Gasteiger partial charge in [0.2, 0.25) is 5.91 Å². The number of ether oxygens (including phenoxy) is 1. The summed E-state index contributed by atoms with van der Waals surface area (Å²) >= 11 is 0. The number of methoxy groups -OCH3 is 1. The maximum Gasteiger partial charge on any atom is 0.224 e. The highest BCUT2D eigenvalue weighted by Crippen LogP contribution is 2.26. The van der Waals surface area contributed by atoms with E-state index in [2.05, 4.69) is 10.4 Å². The zero-order chi connectivity index (χ0) is 15.2. The third kappa shape index (κ3) is 4.24. The Morgan fingerprint density at radius 2 is 2.29 bits per heavy atom. The number of carbonyl (C=O) groups excluding carboxylic acids is 1. The zero-order valence-electron chi connectivity index (χ0n) is 12.3. The fraction of sp³-hybridized carbons (Fsp3) is 0.333. The Bertz CT molecular complexity index is 622. The van der Waals surface area contributed by atoms with Gasteiger partial charge in [-0.3, -0.25) is 9.48 Å². The van der Waals surface area contributed by atoms with Gasteiger partial charge in [0.05, 0.1) is 19.0 Å². The van der Waals surface area contributed by atoms with Gasteiger partial charge in [-0.1, -0.05) is 0 Å². The minimum absolute atomic E-state index is 0.0538. The van der Waals surface area contributed by atoms with E-state index < -0.39 is 0 Å². The molecule has 6 heteroatoms. The van der Waals surface area contributed by atoms with Crippen LogP contribution in [0.4, 0.5) is 11.4 Å². The maximum atomic E-state index is 11.9. The Morgan fingerprint density at radius 3 is 2.95 bits per heavy atom. The maximum absolute atomic E-state index is 11.9. The lowest BCUT2D eigenvalue weighted by molar-refractivity contribution is -0.116. The third-order valence-electron chi connectivity index (χ3n) is 3.05. The summed E-state index contributed by atoms with van der Waals surface area (Å²) in [5.41, 5.74) is 8.02. The molecular weight excluding hydrogens is 268 g/mol. The quantitative estimate of drug-likeness (QED) is 0.798. The van der Waals surface area contributed by atoms with Crippen molar-refractivity contribution in [3.8, 4) is 5.75 Å². The largest absolute Gasteiger partial charge is 0.494 e. The molecule has 0 unspecified atom stereocenters. The molecule has 2 aromatic rings. The average Bonchev–Trinajstić information content (AvgIpc) is 2.86. The summed E-state index contributed by atoms with van der Waals surface area (Å²) in [6.45, 7) is 2.71. The minimum Gasteiger partial charge on any atom is -0.494 e. The molecule has 6 nitrogen and oxygen atoms in total. The Morgan fingerprint density at radius 1 is 1.48 bits per heavy atom. The molecule has 3 N–H and O–H groups in total. The molecule has 0 spiro atoms. The van der Waals surface area contributed by atoms with Crippen LogP contribution in [-0.4, -0.2) is 22.8 Å². The van der Waals surface area contributed by atoms with Crippen molar-refractivity contribution in [1.29, 1.82) is 0 Å². The zero-order valence-corrected chi connectivity index (χ0v) is 12.3. The number of anilines is 2. The summed E-state index contributed by atoms with van der Waals surface area (Å²) in [7, 11) is 1.55. The Hall–Kier alpha value is -2.50. The molecular formula is C15H20N4O2. The van der Waals surface area contributed by atoms with Crippen LogP contribution in [0.3, 0.4) is 0 Å². The summed E-state index contributed by atoms with van der Waals surface area (Å²) in [4.78, 5) is 11.9. The molecule has 1 aromatic carbocycles. The van der Waals surface area contributed by atoms with Crippen molar-refractivity contribution in [1.82, 2.24) is 9.78 Å². The average molecular weight is 288 g/mol. The van der Waals surface area contributed by atoms with Gasteiger partial charge in [-0.05, 0) is 31.0 Å². The molecule has 0 aliphatic heterocycles. The van der Waals surface area contributed by atoms with Crippen molar-refractivity contribution in [3.05, 3.63) is 36.2 Å². The number of amides is 1. The number of nitrogens with one attached hydrogen (secondary N) is 1. The summed E-state index contributed by atoms with van der Waals surface area (Å²) in [6, 6.07) is 5.15. The topological polar surface area (TPSA) is 82.2 Å². The SMILES string of the molecule is COc1cc(N)ccc1NC(=O)CCCn1cc(C)cn1. The molecule has 0 aliphatic rings. The van der Waals surface area contributed by atoms with Gasteiger partial charge in [-0.2, -0.15) is 5.10 Å². The van der Waals surface area contributed by atoms with Gasteiger partial charge < -0.3 is 15.8 Å². The Kier molecular flexibility index (Phi) is 4.81. The van der Waals surface area contributed by atoms with Crippen LogP contribution < -0.4 is 15.8 Å². The fourth-order valence-corrected chi connectivity index (χ4v) is 2.01. The molecule has 2 rings (SSSR count). The number of hydrogen-bond donors (Lipinski definition) is 2. The highest BCUT2D eigenvalue weighted by Gasteiger charge is 2.08. The number of nitrogens with zero attached hydrogens (tertiary/aromatic N) is 2. The van der Waals surface area contributed by atoms with E-state index in [0.717, 1.165) is 18.5 Å². The van der Waals surface area contributed by atoms with Gasteiger partial charge >= 0.3 is 0 Å². The summed E-state index contributed by atoms with van der Waals surface area (Å²) in [6.07, 6.45) is 4.91. The van der Waals surface area contributed by atoms with Gasteiger partial charge in [0.15, 0.2) is 0 Å². The van der Waals surface area contributed by atoms with Crippen molar-refractivity contribution in [3.63, 3.8) is 0 Å². The van der Waals surface area contributed by atoms with Crippen LogP contribution in [-0.2, 0) is 11.3 Å². The number of aryl methyl sites for hydroxylation is 2. The standard InChI is InChI=1S/C15H20N4O2/c1-11-9-17-19(10-11)7-3-4-15(20)18-13-6-5-12(16)8-14(13)21-2/h5-6,8-10H,3-4,7,16H2,1-2H3,(H,18,20). The van der Waals surface area contributed by atoms with E-state index >= 15 is 0 Å². The first-order valence-corrected chi connectivity index (χ1v) is 6.81. The highest BCUT2D eigenvalue weighted by molar-refractivity contribution is 5.92. The molecule has 0 aliphatic carbocycles. The van der Waals surface area contributed by atoms with Crippen molar-refractivity contribution < 1.29 is 9.53 Å². The molecule has 0 fully saturated rings. The lowest BCUT2D eigenvalue weighted by Crippen LogP contribution is -2.13. The lowest BCUT2D eigenvalue weighted by Gasteiger charge is -2.10. The number of benzene rings is 1. The highest BCUT2D eigenvalue weighted by atomic mass is 16.5. The second-order valence-electron chi connectivity index (χ2n) is 4.89. The molecule has 0 saturated heterocycles. The molecule has 0 bridgehead atoms. The molecule has 112 valence electrons. The molecule has 0 saturated carbocycles. The van der Waals surface area contributed by atoms with Crippen LogP contribution in [0.1, 0.15) is 18.4 Å². The van der Waals surface area contributed by atoms with Crippen molar-refractivity contribution in [2.45, 2.75) is 26.3 Å². The fourth-order valence-electron chi connectivity index (χ4n) is 2.01. The Labute approximate surface area is 123 Å². The molecule has 1 heterocycles. The van der Waals surface area contributed by atoms with Gasteiger partial charge in [-0.15, -0.1) is 0 Å². The second kappa shape index (κ2) is 6.78. The molecule has 1 aromatic heterocycles. The van der Waals surface area contributed by atoms with E-state index in [4.69, 9.17) is 10.5 Å². The number of rotatable bonds is 6. The monoisotopic (exact) mass is 288 g/mol. The van der Waals surface area contributed by atoms with Crippen LogP contribution in [0, 0.1) is 6.92 Å². The molecule has 21 heavy (non-hydrogen) atoms. The van der Waals surface area contributed by atoms with Gasteiger partial charge in [0.1, 0.15) is 5.75 Å². The number of aromatic nitrogens is 2. The van der Waals surface area contributed by atoms with Gasteiger partial charge in [-0.25, -0.2) is 0 Å². The summed E-state index contributed by atoms with van der Waals surface area (Å²) < 4.78 is 7.03. The number of hydrogen-bond acceptors (Lipinski definition) is 4. The smallest absolute Gasteiger partial charge is 0.224 e. The number of carbonyl (C=O) groups is 1. The van der Waals surface area contributed by atoms with E-state index in [1.807, 2.05) is 17.8 Å². The first-order chi connectivity index (χ1) is 10.1. The van der Waals surface area contributed by atoms with E-state index in [1.165, 1.54) is 0 Å². The minimum atomic E-state index is -0.0538. The second-order valence-corrected chi connectivity index (χ2v) is 4.89. The van der Waals surface area contributed by atoms with Crippen LogP contribution in [0.5, 0.6) is 5.75 Å². The van der Waals surface area contributed by atoms with Gasteiger partial charge in [0, 0.05) is 30.9 Å². The number of nitrogens with two attached hydrogens (primary N) is 1. The van der Waals surface area contributed by atoms with Crippen LogP contribution >= 0.6 is 0 Å². The third-order valence-corrected chi connectivity index (χ3v) is 3.05. The predicted molar refractivity (Wildman–Crippen MR) is 82.2 cm³/mol. The van der Waals surface area contributed by atoms with E-state index in [9.17, 15) is 4.79 Å². The predicted octanol–water partition coefficient (Wildman–Crippen LogP) is 2.20. The van der Waals surface area contributed by atoms with Crippen LogP contribution in [0.2, 0.25) is 0 Å². The Balaban J connectivity index is 1.84. The summed E-state index contributed by atoms with van der Waals surface area (Å²) in [5, 5.41) is 7.02. The molecule has 0 atom stereocenters.